The summed E-state index contributed by atoms with van der Waals surface area (Å²) in [5.41, 5.74) is 1.54. The van der Waals surface area contributed by atoms with Crippen LogP contribution >= 0.6 is 37.2 Å². The SMILES string of the molecule is CN(C)CCC1=[C]([Ti])CC=C1.Cl.Cl.Cl. The van der Waals surface area contributed by atoms with Crippen molar-refractivity contribution in [2.75, 3.05) is 20.6 Å². The van der Waals surface area contributed by atoms with E-state index in [1.165, 1.54) is 12.8 Å². The Bertz CT molecular complexity index is 202. The summed E-state index contributed by atoms with van der Waals surface area (Å²) in [5.74, 6) is 0. The average molecular weight is 293 g/mol. The van der Waals surface area contributed by atoms with E-state index < -0.39 is 0 Å². The van der Waals surface area contributed by atoms with Crippen LogP contribution in [0.4, 0.5) is 0 Å². The topological polar surface area (TPSA) is 3.24 Å². The largest absolute Gasteiger partial charge is 0.147 e. The third-order valence-electron chi connectivity index (χ3n) is 1.86. The standard InChI is InChI=1S/C9H14N.3ClH.Ti/c1-10(2)8-7-9-5-3-4-6-9;;;;/h3,5H,4,7-8H2,1-2H3;3*1H;. The van der Waals surface area contributed by atoms with Crippen molar-refractivity contribution < 1.29 is 20.4 Å². The molecule has 0 aromatic heterocycles. The molecule has 14 heavy (non-hydrogen) atoms. The average Bonchev–Trinajstić information content (AvgIpc) is 2.31. The van der Waals surface area contributed by atoms with Crippen LogP contribution in [0.2, 0.25) is 0 Å². The van der Waals surface area contributed by atoms with Gasteiger partial charge in [0.15, 0.2) is 0 Å². The molecule has 1 aliphatic rings. The third kappa shape index (κ3) is 7.33. The second-order valence-corrected chi connectivity index (χ2v) is 4.11. The first-order chi connectivity index (χ1) is 5.20. The van der Waals surface area contributed by atoms with Crippen LogP contribution in [-0.4, -0.2) is 25.5 Å². The zero-order chi connectivity index (χ0) is 8.27. The Morgan fingerprint density at radius 2 is 1.86 bits per heavy atom. The van der Waals surface area contributed by atoms with E-state index in [1.807, 2.05) is 0 Å². The van der Waals surface area contributed by atoms with Crippen molar-refractivity contribution in [2.45, 2.75) is 12.8 Å². The summed E-state index contributed by atoms with van der Waals surface area (Å²) in [6.45, 7) is 1.16. The molecule has 0 heterocycles. The molecular weight excluding hydrogens is 276 g/mol. The molecule has 0 atom stereocenters. The molecule has 83 valence electrons. The molecule has 0 aromatic rings. The van der Waals surface area contributed by atoms with E-state index >= 15 is 0 Å². The summed E-state index contributed by atoms with van der Waals surface area (Å²) < 4.78 is 1.55. The van der Waals surface area contributed by atoms with Crippen molar-refractivity contribution in [1.82, 2.24) is 4.90 Å². The van der Waals surface area contributed by atoms with E-state index in [-0.39, 0.29) is 37.2 Å². The number of nitrogens with zero attached hydrogens (tertiary/aromatic N) is 1. The Labute approximate surface area is 117 Å². The van der Waals surface area contributed by atoms with Gasteiger partial charge in [-0.25, -0.2) is 0 Å². The quantitative estimate of drug-likeness (QED) is 0.723. The Kier molecular flexibility index (Phi) is 15.4. The molecule has 0 aromatic carbocycles. The molecule has 0 bridgehead atoms. The molecule has 0 saturated heterocycles. The fourth-order valence-electron chi connectivity index (χ4n) is 1.13. The molecule has 0 fully saturated rings. The van der Waals surface area contributed by atoms with Gasteiger partial charge < -0.3 is 0 Å². The van der Waals surface area contributed by atoms with E-state index in [9.17, 15) is 0 Å². The molecule has 0 amide bonds. The van der Waals surface area contributed by atoms with Crippen LogP contribution < -0.4 is 0 Å². The van der Waals surface area contributed by atoms with Gasteiger partial charge >= 0.3 is 80.4 Å². The van der Waals surface area contributed by atoms with Gasteiger partial charge in [0, 0.05) is 0 Å². The summed E-state index contributed by atoms with van der Waals surface area (Å²) in [6, 6.07) is 0. The van der Waals surface area contributed by atoms with Crippen LogP contribution in [0.15, 0.2) is 21.6 Å². The van der Waals surface area contributed by atoms with Crippen LogP contribution in [0.1, 0.15) is 12.8 Å². The Morgan fingerprint density at radius 1 is 1.29 bits per heavy atom. The van der Waals surface area contributed by atoms with Gasteiger partial charge in [-0.1, -0.05) is 0 Å². The monoisotopic (exact) mass is 292 g/mol. The molecule has 1 nitrogen and oxygen atoms in total. The summed E-state index contributed by atoms with van der Waals surface area (Å²) in [7, 11) is 4.24. The zero-order valence-corrected chi connectivity index (χ0v) is 12.5. The molecule has 1 rings (SSSR count). The molecule has 0 unspecified atom stereocenters. The maximum absolute atomic E-state index is 2.26. The van der Waals surface area contributed by atoms with Gasteiger partial charge in [-0.15, -0.1) is 37.2 Å². The van der Waals surface area contributed by atoms with Gasteiger partial charge in [-0.05, 0) is 0 Å². The molecule has 0 saturated carbocycles. The van der Waals surface area contributed by atoms with E-state index in [0.717, 1.165) is 6.54 Å². The molecule has 5 heteroatoms. The zero-order valence-electron chi connectivity index (χ0n) is 8.45. The Morgan fingerprint density at radius 3 is 2.21 bits per heavy atom. The molecule has 1 aliphatic carbocycles. The molecule has 0 spiro atoms. The summed E-state index contributed by atoms with van der Waals surface area (Å²) in [5, 5.41) is 0. The normalized spacial score (nSPS) is 13.3. The van der Waals surface area contributed by atoms with Crippen molar-refractivity contribution in [1.29, 1.82) is 0 Å². The Balaban J connectivity index is -0.000000403. The predicted molar refractivity (Wildman–Crippen MR) is 65.7 cm³/mol. The van der Waals surface area contributed by atoms with Crippen molar-refractivity contribution in [3.05, 3.63) is 21.6 Å². The number of hydrogen-bond acceptors (Lipinski definition) is 1. The van der Waals surface area contributed by atoms with Gasteiger partial charge in [0.05, 0.1) is 0 Å². The van der Waals surface area contributed by atoms with Crippen LogP contribution in [0.5, 0.6) is 0 Å². The third-order valence-corrected chi connectivity index (χ3v) is 2.68. The fourth-order valence-corrected chi connectivity index (χ4v) is 1.64. The number of allylic oxidation sites excluding steroid dienone is 3. The number of rotatable bonds is 3. The van der Waals surface area contributed by atoms with E-state index in [4.69, 9.17) is 0 Å². The van der Waals surface area contributed by atoms with Gasteiger partial charge in [0.25, 0.3) is 0 Å². The summed E-state index contributed by atoms with van der Waals surface area (Å²) >= 11 is 2.23. The van der Waals surface area contributed by atoms with Crippen LogP contribution in [-0.2, 0) is 20.4 Å². The second kappa shape index (κ2) is 10.5. The van der Waals surface area contributed by atoms with Gasteiger partial charge in [0.1, 0.15) is 0 Å². The van der Waals surface area contributed by atoms with Gasteiger partial charge in [0.2, 0.25) is 0 Å². The minimum absolute atomic E-state index is 0. The second-order valence-electron chi connectivity index (χ2n) is 3.16. The minimum atomic E-state index is 0. The van der Waals surface area contributed by atoms with Gasteiger partial charge in [-0.2, -0.15) is 0 Å². The Hall–Kier alpha value is 1.02. The first kappa shape index (κ1) is 20.4. The maximum Gasteiger partial charge on any atom is -0.147 e. The minimum Gasteiger partial charge on any atom is -0.147 e. The first-order valence-corrected chi connectivity index (χ1v) is 4.73. The molecular formula is C9H17Cl3NTi. The van der Waals surface area contributed by atoms with Crippen molar-refractivity contribution >= 4 is 37.2 Å². The van der Waals surface area contributed by atoms with Crippen molar-refractivity contribution in [3.8, 4) is 0 Å². The van der Waals surface area contributed by atoms with E-state index in [2.05, 4.69) is 51.6 Å². The molecule has 0 aliphatic heterocycles. The summed E-state index contributed by atoms with van der Waals surface area (Å²) in [6.07, 6.45) is 6.89. The summed E-state index contributed by atoms with van der Waals surface area (Å²) in [4.78, 5) is 2.23. The maximum atomic E-state index is 2.26. The van der Waals surface area contributed by atoms with E-state index in [0.29, 0.717) is 0 Å². The van der Waals surface area contributed by atoms with Crippen LogP contribution in [0.3, 0.4) is 0 Å². The fraction of sp³-hybridized carbons (Fsp3) is 0.556. The molecule has 0 N–H and O–H groups in total. The molecule has 0 radical (unpaired) electrons. The predicted octanol–water partition coefficient (Wildman–Crippen LogP) is 2.96. The first-order valence-electron chi connectivity index (χ1n) is 3.95. The van der Waals surface area contributed by atoms with E-state index in [1.54, 1.807) is 9.45 Å². The van der Waals surface area contributed by atoms with Crippen LogP contribution in [0.25, 0.3) is 0 Å². The van der Waals surface area contributed by atoms with Gasteiger partial charge in [-0.3, -0.25) is 0 Å². The number of hydrogen-bond donors (Lipinski definition) is 0. The van der Waals surface area contributed by atoms with Crippen molar-refractivity contribution in [2.24, 2.45) is 0 Å². The smallest absolute Gasteiger partial charge is 0.147 e. The number of halogens is 3. The van der Waals surface area contributed by atoms with Crippen LogP contribution in [0, 0.1) is 0 Å². The van der Waals surface area contributed by atoms with Crippen molar-refractivity contribution in [3.63, 3.8) is 0 Å².